The molecule has 1 nitrogen and oxygen atoms in total. The lowest BCUT2D eigenvalue weighted by atomic mass is 9.86. The summed E-state index contributed by atoms with van der Waals surface area (Å²) in [4.78, 5) is 0. The minimum Gasteiger partial charge on any atom is -0.381 e. The highest BCUT2D eigenvalue weighted by Gasteiger charge is 2.25. The lowest BCUT2D eigenvalue weighted by molar-refractivity contribution is 0.105. The molecular weight excluding hydrogens is 207 g/mol. The second-order valence-corrected chi connectivity index (χ2v) is 4.02. The average molecular weight is 227 g/mol. The second kappa shape index (κ2) is 7.90. The van der Waals surface area contributed by atoms with Crippen LogP contribution in [0.4, 0.5) is 0 Å². The van der Waals surface area contributed by atoms with Crippen molar-refractivity contribution < 1.29 is 4.74 Å². The van der Waals surface area contributed by atoms with Crippen LogP contribution in [-0.4, -0.2) is 25.0 Å². The van der Waals surface area contributed by atoms with Crippen LogP contribution in [0.5, 0.6) is 0 Å². The molecule has 0 heterocycles. The Bertz CT molecular complexity index is 105. The number of rotatable bonds is 8. The van der Waals surface area contributed by atoms with E-state index in [0.717, 1.165) is 32.5 Å². The fourth-order valence-corrected chi connectivity index (χ4v) is 2.00. The van der Waals surface area contributed by atoms with E-state index in [9.17, 15) is 0 Å². The van der Waals surface area contributed by atoms with E-state index in [0.29, 0.717) is 11.8 Å². The summed E-state index contributed by atoms with van der Waals surface area (Å²) in [5.74, 6) is 1.25. The Balaban J connectivity index is 3.68. The molecule has 0 aliphatic heterocycles. The van der Waals surface area contributed by atoms with Crippen LogP contribution in [0.1, 0.15) is 33.1 Å². The molecule has 0 saturated heterocycles. The fraction of sp³-hybridized carbons (Fsp3) is 1.00. The lowest BCUT2D eigenvalue weighted by Crippen LogP contribution is -2.26. The Hall–Kier alpha value is 0.540. The first-order valence-electron chi connectivity index (χ1n) is 4.94. The number of ether oxygens (including phenoxy) is 1. The quantitative estimate of drug-likeness (QED) is 0.454. The predicted molar refractivity (Wildman–Crippen MR) is 59.9 cm³/mol. The van der Waals surface area contributed by atoms with Crippen molar-refractivity contribution in [3.8, 4) is 0 Å². The van der Waals surface area contributed by atoms with Crippen molar-refractivity contribution in [3.05, 3.63) is 0 Å². The van der Waals surface area contributed by atoms with E-state index in [4.69, 9.17) is 27.9 Å². The molecule has 0 unspecified atom stereocenters. The van der Waals surface area contributed by atoms with Gasteiger partial charge in [-0.3, -0.25) is 0 Å². The highest BCUT2D eigenvalue weighted by Crippen LogP contribution is 2.29. The monoisotopic (exact) mass is 226 g/mol. The normalized spacial score (nSPS) is 12.0. The molecule has 0 radical (unpaired) electrons. The molecule has 0 aromatic carbocycles. The van der Waals surface area contributed by atoms with Crippen molar-refractivity contribution in [2.24, 2.45) is 5.41 Å². The van der Waals surface area contributed by atoms with E-state index >= 15 is 0 Å². The first-order chi connectivity index (χ1) is 6.24. The van der Waals surface area contributed by atoms with Crippen LogP contribution in [0.25, 0.3) is 0 Å². The molecular formula is C10H20Cl2O. The van der Waals surface area contributed by atoms with E-state index in [1.54, 1.807) is 0 Å². The van der Waals surface area contributed by atoms with E-state index in [2.05, 4.69) is 13.8 Å². The third-order valence-electron chi connectivity index (χ3n) is 2.44. The Morgan fingerprint density at radius 3 is 2.08 bits per heavy atom. The standard InChI is InChI=1S/C10H20Cl2O/c1-3-6-13-7-5-10(4-2,8-11)9-12/h3-9H2,1-2H3. The van der Waals surface area contributed by atoms with Gasteiger partial charge < -0.3 is 4.74 Å². The molecule has 0 bridgehead atoms. The second-order valence-electron chi connectivity index (χ2n) is 3.48. The third kappa shape index (κ3) is 5.09. The van der Waals surface area contributed by atoms with Crippen LogP contribution in [0.15, 0.2) is 0 Å². The molecule has 0 saturated carbocycles. The van der Waals surface area contributed by atoms with Crippen LogP contribution in [0.2, 0.25) is 0 Å². The summed E-state index contributed by atoms with van der Waals surface area (Å²) in [5, 5.41) is 0. The van der Waals surface area contributed by atoms with Gasteiger partial charge in [0.2, 0.25) is 0 Å². The van der Waals surface area contributed by atoms with Gasteiger partial charge >= 0.3 is 0 Å². The van der Waals surface area contributed by atoms with Crippen molar-refractivity contribution in [2.45, 2.75) is 33.1 Å². The van der Waals surface area contributed by atoms with Crippen LogP contribution in [0, 0.1) is 5.41 Å². The minimum atomic E-state index is 0.0802. The summed E-state index contributed by atoms with van der Waals surface area (Å²) in [5.41, 5.74) is 0.0802. The first-order valence-corrected chi connectivity index (χ1v) is 6.01. The largest absolute Gasteiger partial charge is 0.381 e. The van der Waals surface area contributed by atoms with Gasteiger partial charge in [0.15, 0.2) is 0 Å². The minimum absolute atomic E-state index is 0.0802. The zero-order valence-electron chi connectivity index (χ0n) is 8.61. The molecule has 80 valence electrons. The van der Waals surface area contributed by atoms with Crippen molar-refractivity contribution in [1.82, 2.24) is 0 Å². The Morgan fingerprint density at radius 1 is 1.08 bits per heavy atom. The molecule has 0 N–H and O–H groups in total. The predicted octanol–water partition coefficient (Wildman–Crippen LogP) is 3.68. The summed E-state index contributed by atoms with van der Waals surface area (Å²) >= 11 is 11.8. The van der Waals surface area contributed by atoms with Gasteiger partial charge in [0, 0.05) is 25.0 Å². The maximum atomic E-state index is 5.90. The Labute approximate surface area is 91.7 Å². The zero-order valence-corrected chi connectivity index (χ0v) is 10.1. The van der Waals surface area contributed by atoms with Gasteiger partial charge in [-0.05, 0) is 24.7 Å². The molecule has 0 atom stereocenters. The van der Waals surface area contributed by atoms with Crippen LogP contribution in [-0.2, 0) is 4.74 Å². The van der Waals surface area contributed by atoms with Crippen molar-refractivity contribution in [2.75, 3.05) is 25.0 Å². The molecule has 0 rings (SSSR count). The molecule has 0 spiro atoms. The lowest BCUT2D eigenvalue weighted by Gasteiger charge is -2.27. The van der Waals surface area contributed by atoms with Gasteiger partial charge in [-0.25, -0.2) is 0 Å². The van der Waals surface area contributed by atoms with Crippen LogP contribution in [0.3, 0.4) is 0 Å². The summed E-state index contributed by atoms with van der Waals surface area (Å²) < 4.78 is 5.43. The van der Waals surface area contributed by atoms with E-state index in [1.807, 2.05) is 0 Å². The summed E-state index contributed by atoms with van der Waals surface area (Å²) in [6.45, 7) is 5.85. The molecule has 13 heavy (non-hydrogen) atoms. The maximum Gasteiger partial charge on any atom is 0.0472 e. The highest BCUT2D eigenvalue weighted by molar-refractivity contribution is 6.21. The maximum absolute atomic E-state index is 5.90. The van der Waals surface area contributed by atoms with Crippen LogP contribution >= 0.6 is 23.2 Å². The molecule has 0 aromatic rings. The summed E-state index contributed by atoms with van der Waals surface area (Å²) in [6.07, 6.45) is 3.06. The first kappa shape index (κ1) is 13.5. The number of alkyl halides is 2. The molecule has 0 amide bonds. The summed E-state index contributed by atoms with van der Waals surface area (Å²) in [6, 6.07) is 0. The van der Waals surface area contributed by atoms with Gasteiger partial charge in [-0.15, -0.1) is 23.2 Å². The smallest absolute Gasteiger partial charge is 0.0472 e. The Morgan fingerprint density at radius 2 is 1.69 bits per heavy atom. The van der Waals surface area contributed by atoms with Crippen molar-refractivity contribution in [1.29, 1.82) is 0 Å². The van der Waals surface area contributed by atoms with Gasteiger partial charge in [0.1, 0.15) is 0 Å². The number of hydrogen-bond donors (Lipinski definition) is 0. The number of halogens is 2. The average Bonchev–Trinajstić information content (AvgIpc) is 2.20. The van der Waals surface area contributed by atoms with Gasteiger partial charge in [-0.1, -0.05) is 13.8 Å². The van der Waals surface area contributed by atoms with E-state index in [1.165, 1.54) is 0 Å². The molecule has 0 aromatic heterocycles. The van der Waals surface area contributed by atoms with Crippen molar-refractivity contribution in [3.63, 3.8) is 0 Å². The van der Waals surface area contributed by atoms with Gasteiger partial charge in [-0.2, -0.15) is 0 Å². The Kier molecular flexibility index (Phi) is 8.23. The molecule has 0 fully saturated rings. The molecule has 0 aliphatic rings. The topological polar surface area (TPSA) is 9.23 Å². The summed E-state index contributed by atoms with van der Waals surface area (Å²) in [7, 11) is 0. The zero-order chi connectivity index (χ0) is 10.2. The van der Waals surface area contributed by atoms with E-state index < -0.39 is 0 Å². The fourth-order valence-electron chi connectivity index (χ4n) is 1.07. The highest BCUT2D eigenvalue weighted by atomic mass is 35.5. The van der Waals surface area contributed by atoms with Gasteiger partial charge in [0.25, 0.3) is 0 Å². The molecule has 0 aliphatic carbocycles. The SMILES string of the molecule is CCCOCCC(CC)(CCl)CCl. The third-order valence-corrected chi connectivity index (χ3v) is 3.58. The van der Waals surface area contributed by atoms with Crippen molar-refractivity contribution >= 4 is 23.2 Å². The van der Waals surface area contributed by atoms with E-state index in [-0.39, 0.29) is 5.41 Å². The molecule has 3 heteroatoms. The number of hydrogen-bond acceptors (Lipinski definition) is 1. The van der Waals surface area contributed by atoms with Crippen LogP contribution < -0.4 is 0 Å². The van der Waals surface area contributed by atoms with Gasteiger partial charge in [0.05, 0.1) is 0 Å².